The predicted octanol–water partition coefficient (Wildman–Crippen LogP) is 3.93. The van der Waals surface area contributed by atoms with Crippen molar-refractivity contribution in [3.05, 3.63) is 28.0 Å². The maximum Gasteiger partial charge on any atom is 0.325 e. The topological polar surface area (TPSA) is 91.5 Å². The first-order chi connectivity index (χ1) is 12.7. The van der Waals surface area contributed by atoms with Crippen LogP contribution < -0.4 is 4.90 Å². The lowest BCUT2D eigenvalue weighted by atomic mass is 9.99. The Hall–Kier alpha value is -1.18. The van der Waals surface area contributed by atoms with Crippen LogP contribution in [-0.4, -0.2) is 43.6 Å². The zero-order valence-electron chi connectivity index (χ0n) is 14.6. The molecule has 2 N–H and O–H groups in total. The molecule has 0 saturated carbocycles. The summed E-state index contributed by atoms with van der Waals surface area (Å²) in [5, 5.41) is 1.20. The predicted molar refractivity (Wildman–Crippen MR) is 111 cm³/mol. The van der Waals surface area contributed by atoms with Crippen molar-refractivity contribution >= 4 is 62.9 Å². The molecule has 1 saturated heterocycles. The average molecular weight is 474 g/mol. The first-order valence-electron chi connectivity index (χ1n) is 8.63. The third-order valence-electron chi connectivity index (χ3n) is 5.16. The fourth-order valence-electron chi connectivity index (χ4n) is 3.91. The highest BCUT2D eigenvalue weighted by Gasteiger charge is 2.28. The maximum absolute atomic E-state index is 11.3. The van der Waals surface area contributed by atoms with Gasteiger partial charge in [0.05, 0.1) is 11.7 Å². The van der Waals surface area contributed by atoms with Crippen LogP contribution >= 0.6 is 35.1 Å². The summed E-state index contributed by atoms with van der Waals surface area (Å²) in [6, 6.07) is 6.05. The van der Waals surface area contributed by atoms with E-state index in [4.69, 9.17) is 11.6 Å². The zero-order chi connectivity index (χ0) is 19.3. The SMILES string of the molecule is Cn1c2ccc(Br)cc2c2nc(Cl)nc(N3CCC(CP(=O)(O)O)CC3)c21. The smallest absolute Gasteiger partial charge is 0.325 e. The Balaban J connectivity index is 1.75. The van der Waals surface area contributed by atoms with E-state index in [1.165, 1.54) is 0 Å². The van der Waals surface area contributed by atoms with Gasteiger partial charge in [0.25, 0.3) is 0 Å². The van der Waals surface area contributed by atoms with E-state index in [0.29, 0.717) is 25.9 Å². The van der Waals surface area contributed by atoms with E-state index < -0.39 is 7.60 Å². The van der Waals surface area contributed by atoms with Gasteiger partial charge in [-0.1, -0.05) is 15.9 Å². The summed E-state index contributed by atoms with van der Waals surface area (Å²) >= 11 is 9.75. The lowest BCUT2D eigenvalue weighted by molar-refractivity contribution is 0.346. The molecule has 4 rings (SSSR count). The minimum atomic E-state index is -3.98. The normalized spacial score (nSPS) is 16.6. The first-order valence-corrected chi connectivity index (χ1v) is 11.6. The van der Waals surface area contributed by atoms with E-state index in [9.17, 15) is 14.4 Å². The van der Waals surface area contributed by atoms with E-state index in [1.807, 2.05) is 25.2 Å². The molecule has 144 valence electrons. The molecule has 1 aliphatic rings. The van der Waals surface area contributed by atoms with Gasteiger partial charge in [-0.15, -0.1) is 0 Å². The summed E-state index contributed by atoms with van der Waals surface area (Å²) in [5.74, 6) is 0.799. The standard InChI is InChI=1S/C17H19BrClN4O3P/c1-22-13-3-2-11(18)8-12(13)14-15(22)16(21-17(19)20-14)23-6-4-10(5-7-23)9-27(24,25)26/h2-3,8,10H,4-7,9H2,1H3,(H2,24,25,26). The molecule has 1 fully saturated rings. The summed E-state index contributed by atoms with van der Waals surface area (Å²) in [6.07, 6.45) is 1.37. The highest BCUT2D eigenvalue weighted by molar-refractivity contribution is 9.10. The summed E-state index contributed by atoms with van der Waals surface area (Å²) in [7, 11) is -1.99. The number of hydrogen-bond acceptors (Lipinski definition) is 4. The number of rotatable bonds is 3. The highest BCUT2D eigenvalue weighted by Crippen LogP contribution is 2.41. The molecule has 0 amide bonds. The van der Waals surface area contributed by atoms with Crippen LogP contribution in [0.2, 0.25) is 5.28 Å². The third-order valence-corrected chi connectivity index (χ3v) is 6.81. The van der Waals surface area contributed by atoms with Gasteiger partial charge < -0.3 is 19.3 Å². The number of nitrogens with zero attached hydrogens (tertiary/aromatic N) is 4. The molecule has 0 spiro atoms. The Morgan fingerprint density at radius 3 is 2.67 bits per heavy atom. The molecule has 10 heteroatoms. The fourth-order valence-corrected chi connectivity index (χ4v) is 5.47. The number of benzene rings is 1. The van der Waals surface area contributed by atoms with E-state index in [2.05, 4.69) is 35.4 Å². The van der Waals surface area contributed by atoms with Gasteiger partial charge in [0.2, 0.25) is 5.28 Å². The van der Waals surface area contributed by atoms with Gasteiger partial charge in [-0.3, -0.25) is 4.57 Å². The number of aryl methyl sites for hydroxylation is 1. The second-order valence-corrected chi connectivity index (χ2v) is 9.96. The van der Waals surface area contributed by atoms with Gasteiger partial charge in [0.1, 0.15) is 11.0 Å². The van der Waals surface area contributed by atoms with Crippen LogP contribution in [0, 0.1) is 5.92 Å². The maximum atomic E-state index is 11.3. The molecule has 7 nitrogen and oxygen atoms in total. The number of hydrogen-bond donors (Lipinski definition) is 2. The van der Waals surface area contributed by atoms with Crippen molar-refractivity contribution in [2.24, 2.45) is 13.0 Å². The van der Waals surface area contributed by atoms with Crippen LogP contribution in [0.4, 0.5) is 5.82 Å². The molecule has 27 heavy (non-hydrogen) atoms. The highest BCUT2D eigenvalue weighted by atomic mass is 79.9. The van der Waals surface area contributed by atoms with Gasteiger partial charge in [0, 0.05) is 30.0 Å². The molecule has 1 aromatic carbocycles. The van der Waals surface area contributed by atoms with Crippen LogP contribution in [0.1, 0.15) is 12.8 Å². The third kappa shape index (κ3) is 3.74. The second kappa shape index (κ2) is 7.01. The quantitative estimate of drug-likeness (QED) is 0.442. The molecule has 0 radical (unpaired) electrons. The van der Waals surface area contributed by atoms with Crippen molar-refractivity contribution in [2.75, 3.05) is 24.2 Å². The van der Waals surface area contributed by atoms with Crippen LogP contribution in [0.15, 0.2) is 22.7 Å². The average Bonchev–Trinajstić information content (AvgIpc) is 2.85. The lowest BCUT2D eigenvalue weighted by Crippen LogP contribution is -2.35. The van der Waals surface area contributed by atoms with E-state index in [1.54, 1.807) is 0 Å². The Labute approximate surface area is 169 Å². The molecule has 2 aromatic heterocycles. The molecule has 0 aliphatic carbocycles. The minimum absolute atomic E-state index is 0.0262. The van der Waals surface area contributed by atoms with Gasteiger partial charge in [0.15, 0.2) is 5.82 Å². The van der Waals surface area contributed by atoms with Crippen molar-refractivity contribution in [1.29, 1.82) is 0 Å². The summed E-state index contributed by atoms with van der Waals surface area (Å²) < 4.78 is 14.3. The van der Waals surface area contributed by atoms with Gasteiger partial charge >= 0.3 is 7.60 Å². The van der Waals surface area contributed by atoms with Crippen molar-refractivity contribution < 1.29 is 14.4 Å². The Bertz CT molecular complexity index is 1080. The number of aromatic nitrogens is 3. The Kier molecular flexibility index (Phi) is 4.97. The van der Waals surface area contributed by atoms with E-state index >= 15 is 0 Å². The molecular formula is C17H19BrClN4O3P. The second-order valence-electron chi connectivity index (χ2n) is 7.01. The minimum Gasteiger partial charge on any atom is -0.355 e. The van der Waals surface area contributed by atoms with E-state index in [0.717, 1.165) is 32.2 Å². The van der Waals surface area contributed by atoms with Crippen molar-refractivity contribution in [3.8, 4) is 0 Å². The van der Waals surface area contributed by atoms with Gasteiger partial charge in [-0.05, 0) is 48.6 Å². The first kappa shape index (κ1) is 19.2. The van der Waals surface area contributed by atoms with E-state index in [-0.39, 0.29) is 17.4 Å². The molecule has 3 aromatic rings. The molecule has 1 aliphatic heterocycles. The zero-order valence-corrected chi connectivity index (χ0v) is 17.9. The number of anilines is 1. The van der Waals surface area contributed by atoms with Gasteiger partial charge in [-0.2, -0.15) is 4.98 Å². The Morgan fingerprint density at radius 1 is 1.30 bits per heavy atom. The van der Waals surface area contributed by atoms with Crippen LogP contribution in [0.25, 0.3) is 21.9 Å². The summed E-state index contributed by atoms with van der Waals surface area (Å²) in [5.41, 5.74) is 2.77. The van der Waals surface area contributed by atoms with Crippen LogP contribution in [0.5, 0.6) is 0 Å². The van der Waals surface area contributed by atoms with Crippen molar-refractivity contribution in [1.82, 2.24) is 14.5 Å². The number of piperidine rings is 1. The fraction of sp³-hybridized carbons (Fsp3) is 0.412. The molecule has 3 heterocycles. The number of halogens is 2. The summed E-state index contributed by atoms with van der Waals surface area (Å²) in [6.45, 7) is 1.36. The monoisotopic (exact) mass is 472 g/mol. The molecule has 0 unspecified atom stereocenters. The molecular weight excluding hydrogens is 455 g/mol. The van der Waals surface area contributed by atoms with Crippen molar-refractivity contribution in [2.45, 2.75) is 12.8 Å². The van der Waals surface area contributed by atoms with Gasteiger partial charge in [-0.25, -0.2) is 4.98 Å². The van der Waals surface area contributed by atoms with Crippen LogP contribution in [0.3, 0.4) is 0 Å². The summed E-state index contributed by atoms with van der Waals surface area (Å²) in [4.78, 5) is 29.5. The van der Waals surface area contributed by atoms with Crippen LogP contribution in [-0.2, 0) is 11.6 Å². The largest absolute Gasteiger partial charge is 0.355 e. The lowest BCUT2D eigenvalue weighted by Gasteiger charge is -2.33. The molecule has 0 bridgehead atoms. The molecule has 0 atom stereocenters. The number of fused-ring (bicyclic) bond motifs is 3. The Morgan fingerprint density at radius 2 is 2.00 bits per heavy atom. The van der Waals surface area contributed by atoms with Crippen molar-refractivity contribution in [3.63, 3.8) is 0 Å².